The van der Waals surface area contributed by atoms with Gasteiger partial charge in [0.2, 0.25) is 0 Å². The van der Waals surface area contributed by atoms with E-state index in [1.54, 1.807) is 6.08 Å². The zero-order valence-electron chi connectivity index (χ0n) is 21.9. The quantitative estimate of drug-likeness (QED) is 0.278. The number of carboxylic acid groups (broad SMARTS) is 1. The van der Waals surface area contributed by atoms with E-state index < -0.39 is 33.9 Å². The minimum absolute atomic E-state index is 0. The second-order valence-corrected chi connectivity index (χ2v) is 11.5. The molecule has 4 aliphatic carbocycles. The number of ether oxygens (including phenoxy) is 2. The van der Waals surface area contributed by atoms with Gasteiger partial charge in [-0.05, 0) is 50.5 Å². The van der Waals surface area contributed by atoms with Gasteiger partial charge in [0.15, 0.2) is 5.78 Å². The van der Waals surface area contributed by atoms with Gasteiger partial charge in [0.25, 0.3) is 0 Å². The number of rotatable bonds is 4. The molecular formula is C25H40KO7S3+. The molecule has 1 aliphatic heterocycles. The molecular weight excluding hydrogens is 548 g/mol. The number of ketones is 1. The second kappa shape index (κ2) is 11.1. The van der Waals surface area contributed by atoms with Gasteiger partial charge in [-0.1, -0.05) is 26.3 Å². The summed E-state index contributed by atoms with van der Waals surface area (Å²) in [6, 6.07) is 0. The molecule has 11 heteroatoms. The number of carbonyl (C=O) groups excluding carboxylic acids is 2. The molecule has 8 atom stereocenters. The molecule has 5 rings (SSSR count). The molecule has 0 aromatic heterocycles. The third-order valence-corrected chi connectivity index (χ3v) is 10.7. The molecule has 1 spiro atoms. The normalized spacial score (nSPS) is 45.3. The van der Waals surface area contributed by atoms with Gasteiger partial charge in [0, 0.05) is 29.1 Å². The minimum atomic E-state index is -1.11. The van der Waals surface area contributed by atoms with E-state index in [4.69, 9.17) is 9.47 Å². The van der Waals surface area contributed by atoms with Crippen LogP contribution < -0.4 is 51.4 Å². The fourth-order valence-electron chi connectivity index (χ4n) is 8.98. The van der Waals surface area contributed by atoms with Crippen LogP contribution in [-0.4, -0.2) is 52.4 Å². The van der Waals surface area contributed by atoms with Crippen molar-refractivity contribution in [2.45, 2.75) is 89.4 Å². The Labute approximate surface area is 277 Å². The van der Waals surface area contributed by atoms with Crippen molar-refractivity contribution in [3.05, 3.63) is 11.6 Å². The van der Waals surface area contributed by atoms with Crippen LogP contribution in [0.3, 0.4) is 0 Å². The molecule has 1 saturated heterocycles. The Morgan fingerprint density at radius 3 is 2.39 bits per heavy atom. The van der Waals surface area contributed by atoms with Crippen LogP contribution >= 0.6 is 40.5 Å². The first-order valence-electron chi connectivity index (χ1n) is 11.8. The van der Waals surface area contributed by atoms with Gasteiger partial charge in [0.1, 0.15) is 5.60 Å². The summed E-state index contributed by atoms with van der Waals surface area (Å²) in [5.41, 5.74) is -2.18. The molecule has 0 radical (unpaired) electrons. The van der Waals surface area contributed by atoms with Gasteiger partial charge >= 0.3 is 63.3 Å². The zero-order chi connectivity index (χ0) is 23.3. The van der Waals surface area contributed by atoms with Crippen molar-refractivity contribution in [3.63, 3.8) is 0 Å². The maximum Gasteiger partial charge on any atom is 1.00 e. The molecule has 36 heavy (non-hydrogen) atoms. The van der Waals surface area contributed by atoms with Gasteiger partial charge in [-0.2, -0.15) is 40.5 Å². The maximum absolute atomic E-state index is 13.2. The maximum atomic E-state index is 13.2. The van der Waals surface area contributed by atoms with Crippen LogP contribution in [0, 0.1) is 28.1 Å². The molecule has 2 N–H and O–H groups in total. The van der Waals surface area contributed by atoms with Crippen LogP contribution in [0.25, 0.3) is 0 Å². The predicted molar refractivity (Wildman–Crippen MR) is 145 cm³/mol. The average molecular weight is 588 g/mol. The van der Waals surface area contributed by atoms with E-state index in [0.29, 0.717) is 38.5 Å². The number of hydrogen-bond donors (Lipinski definition) is 2. The van der Waals surface area contributed by atoms with E-state index in [1.807, 2.05) is 0 Å². The standard InChI is InChI=1S/C25H34O7.K.3H2S/c1-21-8-5-15(26)11-14(21)12-16(20(29)31-4)23(3)17-6-9-24(30,10-7-19(27)28)22(17,2)13-18-25(21,23)32-18;;;;/h11,16-18,30H,5-10,12-13H2,1-4H3,(H,27,28);;3*1H2/q;+1;;;/t16-,17+,18+,21-,22-,23-,24+,25-;;;;/m0..../s1. The second-order valence-electron chi connectivity index (χ2n) is 11.5. The summed E-state index contributed by atoms with van der Waals surface area (Å²) < 4.78 is 11.9. The number of hydrogen-bond acceptors (Lipinski definition) is 6. The van der Waals surface area contributed by atoms with Crippen molar-refractivity contribution in [2.24, 2.45) is 28.1 Å². The van der Waals surface area contributed by atoms with Gasteiger partial charge in [-0.3, -0.25) is 14.4 Å². The minimum Gasteiger partial charge on any atom is -0.481 e. The number of aliphatic carboxylic acids is 1. The summed E-state index contributed by atoms with van der Waals surface area (Å²) in [7, 11) is 1.40. The molecule has 0 unspecified atom stereocenters. The third kappa shape index (κ3) is 4.20. The fourth-order valence-corrected chi connectivity index (χ4v) is 8.98. The number of aliphatic hydroxyl groups is 1. The summed E-state index contributed by atoms with van der Waals surface area (Å²) in [5, 5.41) is 21.0. The van der Waals surface area contributed by atoms with Crippen LogP contribution in [0.2, 0.25) is 0 Å². The predicted octanol–water partition coefficient (Wildman–Crippen LogP) is 0.377. The van der Waals surface area contributed by atoms with Crippen molar-refractivity contribution < 1.29 is 85.5 Å². The molecule has 0 bridgehead atoms. The molecule has 0 aromatic rings. The summed E-state index contributed by atoms with van der Waals surface area (Å²) >= 11 is 0. The van der Waals surface area contributed by atoms with Gasteiger partial charge in [-0.15, -0.1) is 0 Å². The molecule has 1 heterocycles. The fraction of sp³-hybridized carbons (Fsp3) is 0.800. The SMILES string of the molecule is COC(=O)[C@@H]1CC2=CC(=O)CC[C@]2(C)[C@@]23O[C@@H]2C[C@@]2(C)[C@@H](CC[C@@]2(O)CCC(=O)O)[C@]13C.S.S.S.[K+]. The van der Waals surface area contributed by atoms with E-state index in [0.717, 1.165) is 5.57 Å². The number of carboxylic acids is 1. The van der Waals surface area contributed by atoms with Crippen molar-refractivity contribution in [3.8, 4) is 0 Å². The monoisotopic (exact) mass is 587 g/mol. The first kappa shape index (κ1) is 35.0. The van der Waals surface area contributed by atoms with Crippen LogP contribution in [0.4, 0.5) is 0 Å². The van der Waals surface area contributed by atoms with E-state index in [1.165, 1.54) is 7.11 Å². The van der Waals surface area contributed by atoms with Gasteiger partial charge in [0.05, 0.1) is 24.7 Å². The van der Waals surface area contributed by atoms with Crippen LogP contribution in [0.15, 0.2) is 11.6 Å². The largest absolute Gasteiger partial charge is 1.00 e. The smallest absolute Gasteiger partial charge is 0.481 e. The Bertz CT molecular complexity index is 962. The average Bonchev–Trinajstić information content (AvgIpc) is 3.40. The third-order valence-electron chi connectivity index (χ3n) is 10.7. The van der Waals surface area contributed by atoms with Crippen molar-refractivity contribution in [1.82, 2.24) is 0 Å². The van der Waals surface area contributed by atoms with E-state index in [-0.39, 0.29) is 134 Å². The number of carbonyl (C=O) groups is 3. The number of methoxy groups -OCH3 is 1. The number of epoxide rings is 1. The Morgan fingerprint density at radius 1 is 1.17 bits per heavy atom. The Morgan fingerprint density at radius 2 is 1.81 bits per heavy atom. The Hall–Kier alpha value is 0.956. The molecule has 0 amide bonds. The van der Waals surface area contributed by atoms with Crippen molar-refractivity contribution >= 4 is 58.2 Å². The Balaban J connectivity index is 0.00000162. The first-order chi connectivity index (χ1) is 14.9. The summed E-state index contributed by atoms with van der Waals surface area (Å²) in [5.74, 6) is -1.61. The molecule has 0 aromatic carbocycles. The Kier molecular flexibility index (Phi) is 10.8. The summed E-state index contributed by atoms with van der Waals surface area (Å²) in [6.07, 6.45) is 5.21. The van der Waals surface area contributed by atoms with Crippen LogP contribution in [-0.2, 0) is 23.9 Å². The molecule has 5 aliphatic rings. The number of esters is 1. The topological polar surface area (TPSA) is 113 Å². The molecule has 3 saturated carbocycles. The molecule has 7 nitrogen and oxygen atoms in total. The van der Waals surface area contributed by atoms with E-state index >= 15 is 0 Å². The van der Waals surface area contributed by atoms with Gasteiger partial charge in [-0.25, -0.2) is 0 Å². The summed E-state index contributed by atoms with van der Waals surface area (Å²) in [4.78, 5) is 36.8. The van der Waals surface area contributed by atoms with Crippen LogP contribution in [0.5, 0.6) is 0 Å². The van der Waals surface area contributed by atoms with E-state index in [9.17, 15) is 24.6 Å². The van der Waals surface area contributed by atoms with Crippen LogP contribution in [0.1, 0.15) is 72.1 Å². The van der Waals surface area contributed by atoms with E-state index in [2.05, 4.69) is 20.8 Å². The van der Waals surface area contributed by atoms with Crippen molar-refractivity contribution in [2.75, 3.05) is 7.11 Å². The first-order valence-corrected chi connectivity index (χ1v) is 11.8. The zero-order valence-corrected chi connectivity index (χ0v) is 28.0. The number of fused-ring (bicyclic) bond motifs is 3. The summed E-state index contributed by atoms with van der Waals surface area (Å²) in [6.45, 7) is 6.39. The van der Waals surface area contributed by atoms with Crippen molar-refractivity contribution in [1.29, 1.82) is 0 Å². The molecule has 200 valence electrons. The van der Waals surface area contributed by atoms with Gasteiger partial charge < -0.3 is 19.7 Å². The molecule has 4 fully saturated rings.